The molecule has 0 amide bonds. The number of rotatable bonds is 3. The third kappa shape index (κ3) is 2.95. The van der Waals surface area contributed by atoms with Crippen LogP contribution in [-0.4, -0.2) is 42.9 Å². The molecular weight excluding hydrogens is 267 g/mol. The Morgan fingerprint density at radius 1 is 1.14 bits per heavy atom. The highest BCUT2D eigenvalue weighted by Crippen LogP contribution is 2.28. The average molecular weight is 290 g/mol. The standard InChI is InChI=1S/C17H23FN2O/c1-13(21)17-15(18)5-4-6-16(17)20-11-7-14(8-12-20)19-9-2-3-10-19/h4-6,14H,2-3,7-12H2,1H3. The minimum Gasteiger partial charge on any atom is -0.371 e. The van der Waals surface area contributed by atoms with E-state index in [1.165, 1.54) is 38.9 Å². The smallest absolute Gasteiger partial charge is 0.164 e. The van der Waals surface area contributed by atoms with Crippen LogP contribution in [0, 0.1) is 5.82 Å². The highest BCUT2D eigenvalue weighted by molar-refractivity contribution is 6.00. The van der Waals surface area contributed by atoms with Crippen molar-refractivity contribution < 1.29 is 9.18 Å². The summed E-state index contributed by atoms with van der Waals surface area (Å²) in [7, 11) is 0. The number of ketones is 1. The molecule has 1 aromatic carbocycles. The van der Waals surface area contributed by atoms with Crippen LogP contribution in [0.1, 0.15) is 43.0 Å². The van der Waals surface area contributed by atoms with E-state index in [-0.39, 0.29) is 11.3 Å². The topological polar surface area (TPSA) is 23.6 Å². The van der Waals surface area contributed by atoms with Crippen LogP contribution < -0.4 is 4.90 Å². The van der Waals surface area contributed by atoms with Gasteiger partial charge in [0.15, 0.2) is 5.78 Å². The van der Waals surface area contributed by atoms with Gasteiger partial charge in [0.05, 0.1) is 11.3 Å². The fourth-order valence-corrected chi connectivity index (χ4v) is 3.70. The summed E-state index contributed by atoms with van der Waals surface area (Å²) in [6.07, 6.45) is 4.85. The van der Waals surface area contributed by atoms with Crippen LogP contribution >= 0.6 is 0 Å². The number of carbonyl (C=O) groups is 1. The van der Waals surface area contributed by atoms with Gasteiger partial charge in [-0.05, 0) is 57.8 Å². The lowest BCUT2D eigenvalue weighted by atomic mass is 10.0. The third-order valence-electron chi connectivity index (χ3n) is 4.81. The Labute approximate surface area is 125 Å². The van der Waals surface area contributed by atoms with Gasteiger partial charge in [0, 0.05) is 19.1 Å². The van der Waals surface area contributed by atoms with Crippen molar-refractivity contribution in [2.24, 2.45) is 0 Å². The van der Waals surface area contributed by atoms with Crippen LogP contribution in [0.5, 0.6) is 0 Å². The van der Waals surface area contributed by atoms with E-state index in [9.17, 15) is 9.18 Å². The van der Waals surface area contributed by atoms with Gasteiger partial charge >= 0.3 is 0 Å². The highest BCUT2D eigenvalue weighted by Gasteiger charge is 2.28. The first-order chi connectivity index (χ1) is 10.2. The Morgan fingerprint density at radius 3 is 2.43 bits per heavy atom. The summed E-state index contributed by atoms with van der Waals surface area (Å²) in [5.74, 6) is -0.591. The Morgan fingerprint density at radius 2 is 1.81 bits per heavy atom. The quantitative estimate of drug-likeness (QED) is 0.799. The first-order valence-electron chi connectivity index (χ1n) is 7.95. The molecule has 0 aromatic heterocycles. The van der Waals surface area contributed by atoms with Crippen molar-refractivity contribution in [3.63, 3.8) is 0 Å². The zero-order valence-electron chi connectivity index (χ0n) is 12.6. The molecule has 0 atom stereocenters. The van der Waals surface area contributed by atoms with Gasteiger partial charge < -0.3 is 9.80 Å². The highest BCUT2D eigenvalue weighted by atomic mass is 19.1. The van der Waals surface area contributed by atoms with E-state index in [4.69, 9.17) is 0 Å². The second-order valence-corrected chi connectivity index (χ2v) is 6.15. The monoisotopic (exact) mass is 290 g/mol. The molecule has 2 fully saturated rings. The van der Waals surface area contributed by atoms with Gasteiger partial charge in [-0.3, -0.25) is 4.79 Å². The van der Waals surface area contributed by atoms with Crippen molar-refractivity contribution in [2.45, 2.75) is 38.6 Å². The number of halogens is 1. The van der Waals surface area contributed by atoms with Crippen LogP contribution in [0.25, 0.3) is 0 Å². The van der Waals surface area contributed by atoms with E-state index in [0.29, 0.717) is 6.04 Å². The lowest BCUT2D eigenvalue weighted by Crippen LogP contribution is -2.44. The molecule has 0 bridgehead atoms. The van der Waals surface area contributed by atoms with E-state index in [0.717, 1.165) is 31.6 Å². The van der Waals surface area contributed by atoms with E-state index in [1.807, 2.05) is 6.07 Å². The second-order valence-electron chi connectivity index (χ2n) is 6.15. The van der Waals surface area contributed by atoms with Crippen LogP contribution in [0.2, 0.25) is 0 Å². The van der Waals surface area contributed by atoms with Gasteiger partial charge in [0.2, 0.25) is 0 Å². The zero-order valence-corrected chi connectivity index (χ0v) is 12.6. The number of benzene rings is 1. The number of carbonyl (C=O) groups excluding carboxylic acids is 1. The summed E-state index contributed by atoms with van der Waals surface area (Å²) in [4.78, 5) is 16.5. The minimum atomic E-state index is -0.401. The van der Waals surface area contributed by atoms with Crippen molar-refractivity contribution in [2.75, 3.05) is 31.1 Å². The van der Waals surface area contributed by atoms with E-state index >= 15 is 0 Å². The number of hydrogen-bond donors (Lipinski definition) is 0. The maximum absolute atomic E-state index is 13.9. The fourth-order valence-electron chi connectivity index (χ4n) is 3.70. The summed E-state index contributed by atoms with van der Waals surface area (Å²) < 4.78 is 13.9. The van der Waals surface area contributed by atoms with Crippen molar-refractivity contribution in [3.8, 4) is 0 Å². The van der Waals surface area contributed by atoms with Crippen molar-refractivity contribution >= 4 is 11.5 Å². The predicted octanol–water partition coefficient (Wildman–Crippen LogP) is 3.09. The van der Waals surface area contributed by atoms with Crippen LogP contribution in [0.3, 0.4) is 0 Å². The normalized spacial score (nSPS) is 21.0. The average Bonchev–Trinajstić information content (AvgIpc) is 3.01. The summed E-state index contributed by atoms with van der Waals surface area (Å²) in [6.45, 7) is 5.71. The minimum absolute atomic E-state index is 0.190. The first kappa shape index (κ1) is 14.5. The third-order valence-corrected chi connectivity index (χ3v) is 4.81. The molecule has 0 unspecified atom stereocenters. The van der Waals surface area contributed by atoms with Crippen LogP contribution in [0.15, 0.2) is 18.2 Å². The van der Waals surface area contributed by atoms with Gasteiger partial charge in [0.25, 0.3) is 0 Å². The molecule has 4 heteroatoms. The lowest BCUT2D eigenvalue weighted by Gasteiger charge is -2.38. The number of anilines is 1. The molecule has 0 spiro atoms. The number of piperidine rings is 1. The predicted molar refractivity (Wildman–Crippen MR) is 82.4 cm³/mol. The van der Waals surface area contributed by atoms with Gasteiger partial charge in [-0.15, -0.1) is 0 Å². The number of hydrogen-bond acceptors (Lipinski definition) is 3. The molecule has 3 rings (SSSR count). The largest absolute Gasteiger partial charge is 0.371 e. The van der Waals surface area contributed by atoms with Crippen molar-refractivity contribution in [3.05, 3.63) is 29.6 Å². The number of likely N-dealkylation sites (tertiary alicyclic amines) is 1. The van der Waals surface area contributed by atoms with Crippen molar-refractivity contribution in [1.82, 2.24) is 4.90 Å². The van der Waals surface area contributed by atoms with Gasteiger partial charge in [-0.2, -0.15) is 0 Å². The second kappa shape index (κ2) is 6.14. The summed E-state index contributed by atoms with van der Waals surface area (Å²) in [6, 6.07) is 5.61. The summed E-state index contributed by atoms with van der Waals surface area (Å²) in [5.41, 5.74) is 1.01. The molecule has 0 aliphatic carbocycles. The lowest BCUT2D eigenvalue weighted by molar-refractivity contribution is 0.101. The molecule has 0 N–H and O–H groups in total. The van der Waals surface area contributed by atoms with Gasteiger partial charge in [-0.1, -0.05) is 6.07 Å². The Hall–Kier alpha value is -1.42. The summed E-state index contributed by atoms with van der Waals surface area (Å²) in [5, 5.41) is 0. The molecule has 2 aliphatic heterocycles. The molecule has 0 radical (unpaired) electrons. The molecule has 2 heterocycles. The SMILES string of the molecule is CC(=O)c1c(F)cccc1N1CCC(N2CCCC2)CC1. The molecule has 0 saturated carbocycles. The van der Waals surface area contributed by atoms with Crippen LogP contribution in [0.4, 0.5) is 10.1 Å². The van der Waals surface area contributed by atoms with E-state index in [1.54, 1.807) is 6.07 Å². The molecule has 1 aromatic rings. The molecule has 3 nitrogen and oxygen atoms in total. The Bertz CT molecular complexity index is 518. The molecule has 114 valence electrons. The molecular formula is C17H23FN2O. The van der Waals surface area contributed by atoms with Crippen molar-refractivity contribution in [1.29, 1.82) is 0 Å². The van der Waals surface area contributed by atoms with E-state index in [2.05, 4.69) is 9.80 Å². The van der Waals surface area contributed by atoms with Crippen LogP contribution in [-0.2, 0) is 0 Å². The Kier molecular flexibility index (Phi) is 4.24. The maximum atomic E-state index is 13.9. The zero-order chi connectivity index (χ0) is 14.8. The first-order valence-corrected chi connectivity index (χ1v) is 7.95. The van der Waals surface area contributed by atoms with Gasteiger partial charge in [0.1, 0.15) is 5.82 Å². The maximum Gasteiger partial charge on any atom is 0.164 e. The molecule has 21 heavy (non-hydrogen) atoms. The summed E-state index contributed by atoms with van der Waals surface area (Å²) >= 11 is 0. The molecule has 2 saturated heterocycles. The number of Topliss-reactive ketones (excluding diaryl/α,β-unsaturated/α-hetero) is 1. The molecule has 2 aliphatic rings. The van der Waals surface area contributed by atoms with E-state index < -0.39 is 5.82 Å². The van der Waals surface area contributed by atoms with Gasteiger partial charge in [-0.25, -0.2) is 4.39 Å². The Balaban J connectivity index is 1.72. The number of nitrogens with zero attached hydrogens (tertiary/aromatic N) is 2. The fraction of sp³-hybridized carbons (Fsp3) is 0.588.